The first-order valence-electron chi connectivity index (χ1n) is 6.91. The van der Waals surface area contributed by atoms with Gasteiger partial charge in [-0.05, 0) is 24.6 Å². The molecule has 0 amide bonds. The lowest BCUT2D eigenvalue weighted by molar-refractivity contribution is -0.144. The van der Waals surface area contributed by atoms with Gasteiger partial charge in [-0.1, -0.05) is 30.7 Å². The number of hydrogen-bond donors (Lipinski definition) is 2. The summed E-state index contributed by atoms with van der Waals surface area (Å²) in [6.07, 6.45) is 0. The molecule has 0 saturated heterocycles. The summed E-state index contributed by atoms with van der Waals surface area (Å²) in [6, 6.07) is 7.57. The van der Waals surface area contributed by atoms with Crippen molar-refractivity contribution in [2.45, 2.75) is 20.4 Å². The van der Waals surface area contributed by atoms with Gasteiger partial charge in [-0.2, -0.15) is 0 Å². The van der Waals surface area contributed by atoms with Crippen LogP contribution in [0.1, 0.15) is 19.4 Å². The van der Waals surface area contributed by atoms with Gasteiger partial charge in [0, 0.05) is 18.1 Å². The summed E-state index contributed by atoms with van der Waals surface area (Å²) in [4.78, 5) is 15.8. The molecule has 0 bridgehead atoms. The Balaban J connectivity index is 2.59. The largest absolute Gasteiger partial charge is 0.469 e. The van der Waals surface area contributed by atoms with Crippen molar-refractivity contribution in [1.29, 1.82) is 0 Å². The number of carbonyl (C=O) groups excluding carboxylic acids is 1. The predicted molar refractivity (Wildman–Crippen MR) is 85.5 cm³/mol. The molecule has 0 aromatic heterocycles. The van der Waals surface area contributed by atoms with Gasteiger partial charge in [-0.3, -0.25) is 4.79 Å². The summed E-state index contributed by atoms with van der Waals surface area (Å²) in [7, 11) is 1.39. The third-order valence-electron chi connectivity index (χ3n) is 2.83. The standard InChI is InChI=1S/C15H22ClN3O2/c1-4-17-15(18-9-11(2)14(20)21-3)19-10-12-6-5-7-13(16)8-12/h5-8,11H,4,9-10H2,1-3H3,(H2,17,18,19). The lowest BCUT2D eigenvalue weighted by atomic mass is 10.2. The van der Waals surface area contributed by atoms with E-state index >= 15 is 0 Å². The summed E-state index contributed by atoms with van der Waals surface area (Å²) in [6.45, 7) is 5.52. The van der Waals surface area contributed by atoms with E-state index in [-0.39, 0.29) is 11.9 Å². The molecule has 0 spiro atoms. The molecule has 116 valence electrons. The van der Waals surface area contributed by atoms with E-state index in [1.165, 1.54) is 7.11 Å². The Hall–Kier alpha value is -1.75. The molecule has 1 rings (SSSR count). The number of esters is 1. The molecule has 6 heteroatoms. The van der Waals surface area contributed by atoms with Crippen LogP contribution < -0.4 is 10.6 Å². The summed E-state index contributed by atoms with van der Waals surface area (Å²) >= 11 is 5.94. The first-order valence-corrected chi connectivity index (χ1v) is 7.29. The second kappa shape index (κ2) is 9.23. The third kappa shape index (κ3) is 6.49. The fourth-order valence-electron chi connectivity index (χ4n) is 1.68. The molecule has 0 aliphatic heterocycles. The van der Waals surface area contributed by atoms with Gasteiger partial charge in [0.1, 0.15) is 0 Å². The van der Waals surface area contributed by atoms with E-state index in [9.17, 15) is 4.79 Å². The van der Waals surface area contributed by atoms with Gasteiger partial charge in [0.15, 0.2) is 5.96 Å². The van der Waals surface area contributed by atoms with Crippen molar-refractivity contribution in [2.24, 2.45) is 10.9 Å². The highest BCUT2D eigenvalue weighted by Crippen LogP contribution is 2.11. The number of halogens is 1. The van der Waals surface area contributed by atoms with Crippen molar-refractivity contribution in [1.82, 2.24) is 10.6 Å². The van der Waals surface area contributed by atoms with Crippen LogP contribution in [0.2, 0.25) is 5.02 Å². The Labute approximate surface area is 130 Å². The number of benzene rings is 1. The van der Waals surface area contributed by atoms with Crippen LogP contribution in [-0.2, 0) is 16.1 Å². The molecule has 1 unspecified atom stereocenters. The Morgan fingerprint density at radius 3 is 2.81 bits per heavy atom. The second-order valence-electron chi connectivity index (χ2n) is 4.63. The fourth-order valence-corrected chi connectivity index (χ4v) is 1.89. The van der Waals surface area contributed by atoms with Crippen LogP contribution in [0.3, 0.4) is 0 Å². The molecule has 0 fully saturated rings. The number of methoxy groups -OCH3 is 1. The lowest BCUT2D eigenvalue weighted by Gasteiger charge is -2.14. The number of rotatable bonds is 6. The molecule has 0 radical (unpaired) electrons. The maximum atomic E-state index is 11.4. The van der Waals surface area contributed by atoms with Crippen LogP contribution in [0.25, 0.3) is 0 Å². The normalized spacial score (nSPS) is 12.7. The van der Waals surface area contributed by atoms with Crippen LogP contribution in [0, 0.1) is 5.92 Å². The van der Waals surface area contributed by atoms with E-state index in [1.807, 2.05) is 31.2 Å². The Morgan fingerprint density at radius 1 is 1.43 bits per heavy atom. The first kappa shape index (κ1) is 17.3. The molecule has 0 aliphatic carbocycles. The van der Waals surface area contributed by atoms with Crippen LogP contribution >= 0.6 is 11.6 Å². The number of aliphatic imine (C=N–C) groups is 1. The molecule has 0 heterocycles. The van der Waals surface area contributed by atoms with Gasteiger partial charge in [0.05, 0.1) is 19.6 Å². The van der Waals surface area contributed by atoms with E-state index < -0.39 is 0 Å². The predicted octanol–water partition coefficient (Wildman–Crippen LogP) is 2.20. The number of nitrogens with one attached hydrogen (secondary N) is 2. The van der Waals surface area contributed by atoms with Crippen molar-refractivity contribution in [3.8, 4) is 0 Å². The minimum absolute atomic E-state index is 0.231. The van der Waals surface area contributed by atoms with Crippen molar-refractivity contribution in [2.75, 3.05) is 20.2 Å². The maximum absolute atomic E-state index is 11.4. The number of nitrogens with zero attached hydrogens (tertiary/aromatic N) is 1. The highest BCUT2D eigenvalue weighted by molar-refractivity contribution is 6.30. The number of carbonyl (C=O) groups is 1. The zero-order valence-electron chi connectivity index (χ0n) is 12.6. The highest BCUT2D eigenvalue weighted by Gasteiger charge is 2.13. The summed E-state index contributed by atoms with van der Waals surface area (Å²) < 4.78 is 4.69. The maximum Gasteiger partial charge on any atom is 0.310 e. The van der Waals surface area contributed by atoms with E-state index in [0.29, 0.717) is 24.1 Å². The number of guanidine groups is 1. The lowest BCUT2D eigenvalue weighted by Crippen LogP contribution is -2.40. The minimum atomic E-state index is -0.242. The van der Waals surface area contributed by atoms with E-state index in [0.717, 1.165) is 12.1 Å². The van der Waals surface area contributed by atoms with Crippen molar-refractivity contribution in [3.05, 3.63) is 34.9 Å². The second-order valence-corrected chi connectivity index (χ2v) is 5.07. The summed E-state index contributed by atoms with van der Waals surface area (Å²) in [5.41, 5.74) is 1.03. The monoisotopic (exact) mass is 311 g/mol. The van der Waals surface area contributed by atoms with Crippen LogP contribution in [0.4, 0.5) is 0 Å². The first-order chi connectivity index (χ1) is 10.1. The number of ether oxygens (including phenoxy) is 1. The van der Waals surface area contributed by atoms with Crippen LogP contribution in [0.15, 0.2) is 29.3 Å². The third-order valence-corrected chi connectivity index (χ3v) is 3.07. The zero-order chi connectivity index (χ0) is 15.7. The molecular formula is C15H22ClN3O2. The molecule has 1 atom stereocenters. The highest BCUT2D eigenvalue weighted by atomic mass is 35.5. The molecule has 1 aromatic carbocycles. The molecule has 5 nitrogen and oxygen atoms in total. The Morgan fingerprint density at radius 2 is 2.19 bits per heavy atom. The van der Waals surface area contributed by atoms with Crippen molar-refractivity contribution in [3.63, 3.8) is 0 Å². The van der Waals surface area contributed by atoms with E-state index in [2.05, 4.69) is 15.6 Å². The fraction of sp³-hybridized carbons (Fsp3) is 0.467. The zero-order valence-corrected chi connectivity index (χ0v) is 13.4. The average Bonchev–Trinajstić information content (AvgIpc) is 2.49. The molecule has 0 aliphatic rings. The summed E-state index contributed by atoms with van der Waals surface area (Å²) in [5.74, 6) is 0.187. The van der Waals surface area contributed by atoms with Gasteiger partial charge in [-0.25, -0.2) is 4.99 Å². The molecule has 1 aromatic rings. The van der Waals surface area contributed by atoms with Gasteiger partial charge in [0.2, 0.25) is 0 Å². The smallest absolute Gasteiger partial charge is 0.310 e. The van der Waals surface area contributed by atoms with E-state index in [1.54, 1.807) is 6.92 Å². The quantitative estimate of drug-likeness (QED) is 0.480. The van der Waals surface area contributed by atoms with Gasteiger partial charge in [0.25, 0.3) is 0 Å². The number of hydrogen-bond acceptors (Lipinski definition) is 3. The Bertz CT molecular complexity index is 492. The SMILES string of the molecule is CCNC(=NCc1cccc(Cl)c1)NCC(C)C(=O)OC. The Kier molecular flexibility index (Phi) is 7.61. The van der Waals surface area contributed by atoms with Crippen LogP contribution in [0.5, 0.6) is 0 Å². The van der Waals surface area contributed by atoms with Crippen LogP contribution in [-0.4, -0.2) is 32.1 Å². The molecular weight excluding hydrogens is 290 g/mol. The minimum Gasteiger partial charge on any atom is -0.469 e. The van der Waals surface area contributed by atoms with Gasteiger partial charge >= 0.3 is 5.97 Å². The topological polar surface area (TPSA) is 62.7 Å². The molecule has 2 N–H and O–H groups in total. The van der Waals surface area contributed by atoms with Crippen molar-refractivity contribution < 1.29 is 9.53 Å². The molecule has 21 heavy (non-hydrogen) atoms. The summed E-state index contributed by atoms with van der Waals surface area (Å²) in [5, 5.41) is 6.95. The molecule has 0 saturated carbocycles. The van der Waals surface area contributed by atoms with E-state index in [4.69, 9.17) is 16.3 Å². The van der Waals surface area contributed by atoms with Gasteiger partial charge < -0.3 is 15.4 Å². The van der Waals surface area contributed by atoms with Gasteiger partial charge in [-0.15, -0.1) is 0 Å². The average molecular weight is 312 g/mol. The van der Waals surface area contributed by atoms with Crippen molar-refractivity contribution >= 4 is 23.5 Å².